The Morgan fingerprint density at radius 3 is 2.95 bits per heavy atom. The van der Waals surface area contributed by atoms with Gasteiger partial charge in [0, 0.05) is 25.4 Å². The molecule has 0 N–H and O–H groups in total. The van der Waals surface area contributed by atoms with E-state index >= 15 is 0 Å². The van der Waals surface area contributed by atoms with Crippen LogP contribution in [0.5, 0.6) is 5.75 Å². The zero-order valence-corrected chi connectivity index (χ0v) is 12.3. The molecule has 0 aliphatic heterocycles. The first-order valence-corrected chi connectivity index (χ1v) is 6.69. The van der Waals surface area contributed by atoms with E-state index in [1.165, 1.54) is 11.9 Å². The summed E-state index contributed by atoms with van der Waals surface area (Å²) >= 11 is 0. The lowest BCUT2D eigenvalue weighted by Crippen LogP contribution is -2.20. The van der Waals surface area contributed by atoms with Gasteiger partial charge in [-0.15, -0.1) is 0 Å². The summed E-state index contributed by atoms with van der Waals surface area (Å²) in [5.41, 5.74) is 2.09. The van der Waals surface area contributed by atoms with Crippen LogP contribution < -0.4 is 9.64 Å². The van der Waals surface area contributed by atoms with Crippen LogP contribution in [0.4, 0.5) is 5.82 Å². The first-order chi connectivity index (χ1) is 10.2. The monoisotopic (exact) mass is 283 g/mol. The molecule has 0 unspecified atom stereocenters. The number of anilines is 1. The zero-order chi connectivity index (χ0) is 14.8. The Labute approximate surface area is 123 Å². The third-order valence-electron chi connectivity index (χ3n) is 3.31. The zero-order valence-electron chi connectivity index (χ0n) is 12.3. The van der Waals surface area contributed by atoms with Gasteiger partial charge in [0.2, 0.25) is 0 Å². The highest BCUT2D eigenvalue weighted by Crippen LogP contribution is 2.19. The molecule has 2 aromatic heterocycles. The van der Waals surface area contributed by atoms with Gasteiger partial charge in [0.1, 0.15) is 17.9 Å². The lowest BCUT2D eigenvalue weighted by molar-refractivity contribution is 0.414. The van der Waals surface area contributed by atoms with Crippen molar-refractivity contribution in [2.75, 3.05) is 19.1 Å². The predicted octanol–water partition coefficient (Wildman–Crippen LogP) is 2.08. The number of benzene rings is 1. The third-order valence-corrected chi connectivity index (χ3v) is 3.31. The fourth-order valence-electron chi connectivity index (χ4n) is 2.31. The Hall–Kier alpha value is -2.63. The molecule has 0 amide bonds. The molecule has 21 heavy (non-hydrogen) atoms. The van der Waals surface area contributed by atoms with Crippen LogP contribution in [0.15, 0.2) is 36.7 Å². The van der Waals surface area contributed by atoms with Crippen molar-refractivity contribution in [2.45, 2.75) is 13.5 Å². The second-order valence-electron chi connectivity index (χ2n) is 4.94. The number of aromatic nitrogens is 4. The maximum absolute atomic E-state index is 5.26. The quantitative estimate of drug-likeness (QED) is 0.733. The Kier molecular flexibility index (Phi) is 3.43. The van der Waals surface area contributed by atoms with Crippen molar-refractivity contribution in [3.63, 3.8) is 0 Å². The van der Waals surface area contributed by atoms with Crippen molar-refractivity contribution in [2.24, 2.45) is 0 Å². The molecule has 6 heteroatoms. The second-order valence-corrected chi connectivity index (χ2v) is 4.94. The fourth-order valence-corrected chi connectivity index (χ4v) is 2.31. The second kappa shape index (κ2) is 5.40. The minimum atomic E-state index is 0.613. The van der Waals surface area contributed by atoms with Crippen molar-refractivity contribution in [1.29, 1.82) is 0 Å². The molecule has 0 radical (unpaired) electrons. The minimum Gasteiger partial charge on any atom is -0.497 e. The predicted molar refractivity (Wildman–Crippen MR) is 80.6 cm³/mol. The molecule has 0 fully saturated rings. The highest BCUT2D eigenvalue weighted by molar-refractivity contribution is 5.47. The smallest absolute Gasteiger partial charge is 0.254 e. The van der Waals surface area contributed by atoms with Gasteiger partial charge in [-0.05, 0) is 24.6 Å². The summed E-state index contributed by atoms with van der Waals surface area (Å²) < 4.78 is 7.01. The van der Waals surface area contributed by atoms with Crippen LogP contribution in [-0.4, -0.2) is 33.7 Å². The van der Waals surface area contributed by atoms with Gasteiger partial charge < -0.3 is 9.64 Å². The first kappa shape index (κ1) is 13.4. The van der Waals surface area contributed by atoms with Gasteiger partial charge in [0.05, 0.1) is 7.11 Å². The average Bonchev–Trinajstić information content (AvgIpc) is 2.94. The van der Waals surface area contributed by atoms with E-state index in [1.807, 2.05) is 38.2 Å². The number of nitrogens with zero attached hydrogens (tertiary/aromatic N) is 5. The number of fused-ring (bicyclic) bond motifs is 1. The Bertz CT molecular complexity index is 768. The van der Waals surface area contributed by atoms with E-state index in [4.69, 9.17) is 4.74 Å². The van der Waals surface area contributed by atoms with E-state index in [0.717, 1.165) is 23.8 Å². The maximum Gasteiger partial charge on any atom is 0.254 e. The summed E-state index contributed by atoms with van der Waals surface area (Å²) in [7, 11) is 3.70. The van der Waals surface area contributed by atoms with E-state index in [1.54, 1.807) is 11.6 Å². The Balaban J connectivity index is 1.93. The van der Waals surface area contributed by atoms with E-state index < -0.39 is 0 Å². The molecule has 2 heterocycles. The number of hydrogen-bond donors (Lipinski definition) is 0. The molecular weight excluding hydrogens is 266 g/mol. The minimum absolute atomic E-state index is 0.613. The van der Waals surface area contributed by atoms with Gasteiger partial charge in [-0.25, -0.2) is 4.98 Å². The molecular formula is C15H17N5O. The average molecular weight is 283 g/mol. The molecule has 0 aliphatic carbocycles. The van der Waals surface area contributed by atoms with E-state index in [-0.39, 0.29) is 0 Å². The lowest BCUT2D eigenvalue weighted by atomic mass is 10.2. The highest BCUT2D eigenvalue weighted by atomic mass is 16.5. The van der Waals surface area contributed by atoms with E-state index in [0.29, 0.717) is 5.78 Å². The molecule has 108 valence electrons. The lowest BCUT2D eigenvalue weighted by Gasteiger charge is -2.20. The van der Waals surface area contributed by atoms with Crippen molar-refractivity contribution in [3.05, 3.63) is 47.9 Å². The van der Waals surface area contributed by atoms with Crippen LogP contribution in [0.25, 0.3) is 5.78 Å². The molecule has 3 aromatic rings. The Morgan fingerprint density at radius 2 is 2.14 bits per heavy atom. The summed E-state index contributed by atoms with van der Waals surface area (Å²) in [6.07, 6.45) is 1.52. The number of hydrogen-bond acceptors (Lipinski definition) is 5. The van der Waals surface area contributed by atoms with Gasteiger partial charge in [-0.3, -0.25) is 0 Å². The van der Waals surface area contributed by atoms with Gasteiger partial charge in [0.15, 0.2) is 0 Å². The SMILES string of the molecule is COc1cccc(CN(C)c2cc(C)nc3ncnn23)c1. The van der Waals surface area contributed by atoms with E-state index in [9.17, 15) is 0 Å². The Morgan fingerprint density at radius 1 is 1.29 bits per heavy atom. The molecule has 0 aliphatic rings. The van der Waals surface area contributed by atoms with Crippen LogP contribution >= 0.6 is 0 Å². The van der Waals surface area contributed by atoms with Gasteiger partial charge >= 0.3 is 0 Å². The first-order valence-electron chi connectivity index (χ1n) is 6.69. The maximum atomic E-state index is 5.26. The fraction of sp³-hybridized carbons (Fsp3) is 0.267. The number of methoxy groups -OCH3 is 1. The van der Waals surface area contributed by atoms with Crippen molar-refractivity contribution < 1.29 is 4.74 Å². The van der Waals surface area contributed by atoms with Crippen molar-refractivity contribution in [3.8, 4) is 5.75 Å². The molecule has 0 bridgehead atoms. The molecule has 6 nitrogen and oxygen atoms in total. The summed E-state index contributed by atoms with van der Waals surface area (Å²) in [4.78, 5) is 10.6. The topological polar surface area (TPSA) is 55.5 Å². The molecule has 0 saturated heterocycles. The molecule has 0 atom stereocenters. The number of rotatable bonds is 4. The third kappa shape index (κ3) is 2.65. The summed E-state index contributed by atoms with van der Waals surface area (Å²) in [6.45, 7) is 2.70. The van der Waals surface area contributed by atoms with Crippen LogP contribution in [0.3, 0.4) is 0 Å². The molecule has 0 saturated carbocycles. The van der Waals surface area contributed by atoms with Crippen molar-refractivity contribution >= 4 is 11.6 Å². The number of ether oxygens (including phenoxy) is 1. The van der Waals surface area contributed by atoms with Crippen LogP contribution in [0.1, 0.15) is 11.3 Å². The normalized spacial score (nSPS) is 10.8. The molecule has 1 aromatic carbocycles. The van der Waals surface area contributed by atoms with Crippen molar-refractivity contribution in [1.82, 2.24) is 19.6 Å². The summed E-state index contributed by atoms with van der Waals surface area (Å²) in [5, 5.41) is 4.23. The van der Waals surface area contributed by atoms with Crippen LogP contribution in [-0.2, 0) is 6.54 Å². The molecule has 3 rings (SSSR count). The summed E-state index contributed by atoms with van der Waals surface area (Å²) in [5.74, 6) is 2.43. The van der Waals surface area contributed by atoms with Gasteiger partial charge in [0.25, 0.3) is 5.78 Å². The summed E-state index contributed by atoms with van der Waals surface area (Å²) in [6, 6.07) is 10.0. The van der Waals surface area contributed by atoms with Gasteiger partial charge in [-0.2, -0.15) is 14.6 Å². The standard InChI is InChI=1S/C15H17N5O/c1-11-7-14(20-15(18-11)16-10-17-20)19(2)9-12-5-4-6-13(8-12)21-3/h4-8,10H,9H2,1-3H3. The van der Waals surface area contributed by atoms with Crippen LogP contribution in [0.2, 0.25) is 0 Å². The van der Waals surface area contributed by atoms with Crippen LogP contribution in [0, 0.1) is 6.92 Å². The van der Waals surface area contributed by atoms with Gasteiger partial charge in [-0.1, -0.05) is 12.1 Å². The number of aryl methyl sites for hydroxylation is 1. The molecule has 0 spiro atoms. The largest absolute Gasteiger partial charge is 0.497 e. The highest BCUT2D eigenvalue weighted by Gasteiger charge is 2.10. The van der Waals surface area contributed by atoms with E-state index in [2.05, 4.69) is 26.0 Å².